The molecule has 0 spiro atoms. The van der Waals surface area contributed by atoms with Gasteiger partial charge in [-0.05, 0) is 103 Å². The Balaban J connectivity index is 1.24. The molecule has 4 bridgehead atoms. The van der Waals surface area contributed by atoms with E-state index in [-0.39, 0.29) is 51.3 Å². The van der Waals surface area contributed by atoms with Gasteiger partial charge in [-0.25, -0.2) is 9.59 Å². The maximum atomic E-state index is 14.4. The summed E-state index contributed by atoms with van der Waals surface area (Å²) in [5, 5.41) is 41.1. The zero-order chi connectivity index (χ0) is 50.9. The molecule has 18 nitrogen and oxygen atoms in total. The van der Waals surface area contributed by atoms with Gasteiger partial charge >= 0.3 is 12.2 Å². The average molecular weight is 979 g/mol. The molecule has 4 aromatic carbocycles. The van der Waals surface area contributed by atoms with E-state index in [1.54, 1.807) is 119 Å². The van der Waals surface area contributed by atoms with Crippen molar-refractivity contribution >= 4 is 35.8 Å². The van der Waals surface area contributed by atoms with Crippen LogP contribution in [0, 0.1) is 11.8 Å². The summed E-state index contributed by atoms with van der Waals surface area (Å²) < 4.78 is 22.7. The molecule has 0 fully saturated rings. The van der Waals surface area contributed by atoms with Crippen molar-refractivity contribution in [3.8, 4) is 17.2 Å². The zero-order valence-electron chi connectivity index (χ0n) is 40.5. The SMILES string of the molecule is CC(C)C1NC(=O)C(NC(=O)Oc2ccccc2)CCCOc2ccc(cc2)C[C@@H](C(O)C(O)[C@H]2Cc3ccc(cc3)OCCC[C@H](NC(=O)OCc3ccccc3)C(=O)NC(C(C)C)C(=O)N2)NC1=O. The summed E-state index contributed by atoms with van der Waals surface area (Å²) in [5.74, 6) is -2.31. The molecule has 0 radical (unpaired) electrons. The lowest BCUT2D eigenvalue weighted by Crippen LogP contribution is -2.62. The second-order valence-electron chi connectivity index (χ2n) is 18.5. The number of hydrogen-bond acceptors (Lipinski definition) is 12. The molecule has 0 aliphatic carbocycles. The summed E-state index contributed by atoms with van der Waals surface area (Å²) >= 11 is 0. The van der Waals surface area contributed by atoms with Crippen molar-refractivity contribution in [3.63, 3.8) is 0 Å². The largest absolute Gasteiger partial charge is 0.494 e. The number of rotatable bonds is 10. The predicted molar refractivity (Wildman–Crippen MR) is 262 cm³/mol. The van der Waals surface area contributed by atoms with E-state index >= 15 is 0 Å². The van der Waals surface area contributed by atoms with Gasteiger partial charge in [-0.1, -0.05) is 100 Å². The molecule has 8 rings (SSSR count). The second-order valence-corrected chi connectivity index (χ2v) is 18.5. The summed E-state index contributed by atoms with van der Waals surface area (Å²) in [6.07, 6.45) is -4.16. The molecule has 6 amide bonds. The summed E-state index contributed by atoms with van der Waals surface area (Å²) in [6.45, 7) is 7.30. The Labute approximate surface area is 413 Å². The third kappa shape index (κ3) is 16.2. The third-order valence-electron chi connectivity index (χ3n) is 12.3. The molecular weight excluding hydrogens is 913 g/mol. The Kier molecular flexibility index (Phi) is 19.6. The van der Waals surface area contributed by atoms with Crippen LogP contribution in [0.15, 0.2) is 109 Å². The van der Waals surface area contributed by atoms with Gasteiger partial charge in [-0.2, -0.15) is 0 Å². The first-order valence-corrected chi connectivity index (χ1v) is 24.1. The minimum absolute atomic E-state index is 0.00107. The van der Waals surface area contributed by atoms with E-state index in [0.717, 1.165) is 5.56 Å². The number of nitrogens with one attached hydrogen (secondary N) is 6. The number of alkyl carbamates (subject to hydrolysis) is 1. The van der Waals surface area contributed by atoms with Crippen molar-refractivity contribution in [2.24, 2.45) is 11.8 Å². The van der Waals surface area contributed by atoms with E-state index < -0.39 is 96.1 Å². The van der Waals surface area contributed by atoms with Crippen molar-refractivity contribution in [3.05, 3.63) is 126 Å². The van der Waals surface area contributed by atoms with Crippen LogP contribution in [0.25, 0.3) is 0 Å². The molecule has 380 valence electrons. The van der Waals surface area contributed by atoms with Crippen LogP contribution in [0.5, 0.6) is 17.2 Å². The van der Waals surface area contributed by atoms with Crippen LogP contribution < -0.4 is 46.1 Å². The quantitative estimate of drug-likeness (QED) is 0.111. The van der Waals surface area contributed by atoms with E-state index in [4.69, 9.17) is 18.9 Å². The number of carbonyl (C=O) groups is 6. The van der Waals surface area contributed by atoms with E-state index in [1.165, 1.54) is 0 Å². The number of ether oxygens (including phenoxy) is 4. The van der Waals surface area contributed by atoms with Gasteiger partial charge in [0, 0.05) is 0 Å². The fourth-order valence-electron chi connectivity index (χ4n) is 8.23. The van der Waals surface area contributed by atoms with Gasteiger partial charge in [0.25, 0.3) is 0 Å². The molecule has 4 aliphatic rings. The minimum Gasteiger partial charge on any atom is -0.494 e. The molecule has 8 atom stereocenters. The van der Waals surface area contributed by atoms with Crippen molar-refractivity contribution in [2.45, 2.75) is 121 Å². The lowest BCUT2D eigenvalue weighted by atomic mass is 9.90. The first-order chi connectivity index (χ1) is 34.1. The average Bonchev–Trinajstić information content (AvgIpc) is 3.35. The standard InChI is InChI=1S/C53H66N6O12/c1-32(2)44-50(64)54-42(29-34-19-23-37(24-20-34)68-27-11-17-40(48(62)58-44)56-52(66)70-31-36-13-7-5-8-14-36)46(60)47(61)43-30-35-21-25-38(26-22-35)69-28-12-18-41(49(63)59-45(33(3)4)51(65)55-43)57-53(67)71-39-15-9-6-10-16-39/h5-10,13-16,19-26,32-33,40-47,60-61H,11-12,17-18,27-31H2,1-4H3,(H,54,64)(H,55,65)(H,56,66)(H,57,67)(H,58,62)(H,59,63)/t40-,41?,42+,43-,44?,45?,46?,47?/m0/s1. The highest BCUT2D eigenvalue weighted by molar-refractivity contribution is 5.92. The first-order valence-electron chi connectivity index (χ1n) is 24.1. The van der Waals surface area contributed by atoms with Crippen LogP contribution >= 0.6 is 0 Å². The van der Waals surface area contributed by atoms with E-state index in [0.29, 0.717) is 35.5 Å². The monoisotopic (exact) mass is 978 g/mol. The van der Waals surface area contributed by atoms with Gasteiger partial charge in [-0.3, -0.25) is 19.2 Å². The summed E-state index contributed by atoms with van der Waals surface area (Å²) in [4.78, 5) is 82.6. The van der Waals surface area contributed by atoms with Gasteiger partial charge in [0.1, 0.15) is 60.2 Å². The molecule has 0 saturated carbocycles. The van der Waals surface area contributed by atoms with Gasteiger partial charge < -0.3 is 61.1 Å². The van der Waals surface area contributed by atoms with Crippen molar-refractivity contribution in [1.82, 2.24) is 31.9 Å². The Hall–Kier alpha value is -7.18. The Bertz CT molecular complexity index is 2370. The number of benzene rings is 4. The van der Waals surface area contributed by atoms with Crippen LogP contribution in [-0.2, 0) is 43.4 Å². The lowest BCUT2D eigenvalue weighted by molar-refractivity contribution is -0.133. The van der Waals surface area contributed by atoms with Gasteiger partial charge in [0.15, 0.2) is 0 Å². The topological polar surface area (TPSA) is 252 Å². The molecule has 18 heteroatoms. The number of fused-ring (bicyclic) bond motifs is 26. The zero-order valence-corrected chi connectivity index (χ0v) is 40.5. The Morgan fingerprint density at radius 2 is 1.00 bits per heavy atom. The van der Waals surface area contributed by atoms with Crippen LogP contribution in [-0.4, -0.2) is 108 Å². The predicted octanol–water partition coefficient (Wildman–Crippen LogP) is 4.24. The molecule has 4 aliphatic heterocycles. The van der Waals surface area contributed by atoms with Crippen molar-refractivity contribution < 1.29 is 57.9 Å². The Morgan fingerprint density at radius 3 is 1.44 bits per heavy atom. The molecule has 71 heavy (non-hydrogen) atoms. The molecule has 4 aromatic rings. The number of carbonyl (C=O) groups excluding carboxylic acids is 6. The summed E-state index contributed by atoms with van der Waals surface area (Å²) in [5.41, 5.74) is 2.09. The lowest BCUT2D eigenvalue weighted by Gasteiger charge is -2.35. The fraction of sp³-hybridized carbons (Fsp3) is 0.434. The molecule has 4 heterocycles. The molecule has 8 N–H and O–H groups in total. The molecular formula is C53H66N6O12. The Morgan fingerprint density at radius 1 is 0.577 bits per heavy atom. The van der Waals surface area contributed by atoms with Crippen LogP contribution in [0.4, 0.5) is 9.59 Å². The van der Waals surface area contributed by atoms with Gasteiger partial charge in [-0.15, -0.1) is 0 Å². The summed E-state index contributed by atoms with van der Waals surface area (Å²) in [6, 6.07) is 24.4. The highest BCUT2D eigenvalue weighted by atomic mass is 16.6. The molecule has 0 aromatic heterocycles. The van der Waals surface area contributed by atoms with Crippen molar-refractivity contribution in [2.75, 3.05) is 13.2 Å². The van der Waals surface area contributed by atoms with E-state index in [1.807, 2.05) is 18.2 Å². The smallest absolute Gasteiger partial charge is 0.413 e. The van der Waals surface area contributed by atoms with E-state index in [9.17, 15) is 39.0 Å². The van der Waals surface area contributed by atoms with Gasteiger partial charge in [0.05, 0.1) is 25.3 Å². The highest BCUT2D eigenvalue weighted by Gasteiger charge is 2.39. The van der Waals surface area contributed by atoms with Crippen molar-refractivity contribution in [1.29, 1.82) is 0 Å². The second kappa shape index (κ2) is 26.1. The maximum Gasteiger partial charge on any atom is 0.413 e. The maximum absolute atomic E-state index is 14.4. The van der Waals surface area contributed by atoms with Crippen LogP contribution in [0.1, 0.15) is 70.1 Å². The summed E-state index contributed by atoms with van der Waals surface area (Å²) in [7, 11) is 0. The highest BCUT2D eigenvalue weighted by Crippen LogP contribution is 2.22. The van der Waals surface area contributed by atoms with E-state index in [2.05, 4.69) is 31.9 Å². The molecule has 0 saturated heterocycles. The number of aliphatic hydroxyl groups is 2. The number of hydrogen-bond donors (Lipinski definition) is 8. The van der Waals surface area contributed by atoms with Crippen LogP contribution in [0.3, 0.4) is 0 Å². The minimum atomic E-state index is -1.74. The first kappa shape index (κ1) is 53.2. The van der Waals surface area contributed by atoms with Crippen LogP contribution in [0.2, 0.25) is 0 Å². The number of aliphatic hydroxyl groups excluding tert-OH is 2. The number of para-hydroxylation sites is 1. The number of amides is 6. The third-order valence-corrected chi connectivity index (χ3v) is 12.3. The fourth-order valence-corrected chi connectivity index (χ4v) is 8.23. The molecule has 5 unspecified atom stereocenters. The van der Waals surface area contributed by atoms with Gasteiger partial charge in [0.2, 0.25) is 23.6 Å². The normalized spacial score (nSPS) is 22.6.